The van der Waals surface area contributed by atoms with Gasteiger partial charge in [-0.05, 0) is 12.5 Å². The first kappa shape index (κ1) is 18.3. The van der Waals surface area contributed by atoms with Gasteiger partial charge in [0.25, 0.3) is 11.6 Å². The van der Waals surface area contributed by atoms with Gasteiger partial charge in [-0.25, -0.2) is 9.97 Å². The van der Waals surface area contributed by atoms with Crippen LogP contribution in [0.3, 0.4) is 0 Å². The standard InChI is InChI=1S/C17H20N6O2.ClH/c1-3-13-12-8-11(9-20-16(12)25-21-13)17(24)23-7-4-18-10-14(23)15-19-5-6-22(15)2;/h5-6,8-9,14,18H,3-4,7,10H2,1-2H3;1H. The highest BCUT2D eigenvalue weighted by Gasteiger charge is 2.31. The van der Waals surface area contributed by atoms with Gasteiger partial charge in [-0.2, -0.15) is 0 Å². The number of aromatic nitrogens is 4. The summed E-state index contributed by atoms with van der Waals surface area (Å²) in [6.07, 6.45) is 5.94. The van der Waals surface area contributed by atoms with E-state index < -0.39 is 0 Å². The van der Waals surface area contributed by atoms with Crippen molar-refractivity contribution in [2.45, 2.75) is 19.4 Å². The lowest BCUT2D eigenvalue weighted by Gasteiger charge is -2.35. The average Bonchev–Trinajstić information content (AvgIpc) is 3.26. The highest BCUT2D eigenvalue weighted by atomic mass is 35.5. The number of pyridine rings is 1. The Morgan fingerprint density at radius 2 is 2.27 bits per heavy atom. The largest absolute Gasteiger partial charge is 0.336 e. The van der Waals surface area contributed by atoms with Gasteiger partial charge in [0, 0.05) is 45.3 Å². The zero-order valence-electron chi connectivity index (χ0n) is 14.7. The van der Waals surface area contributed by atoms with Crippen molar-refractivity contribution in [1.82, 2.24) is 29.9 Å². The fraction of sp³-hybridized carbons (Fsp3) is 0.412. The molecule has 0 bridgehead atoms. The second-order valence-electron chi connectivity index (χ2n) is 6.17. The summed E-state index contributed by atoms with van der Waals surface area (Å²) in [7, 11) is 1.94. The predicted molar refractivity (Wildman–Crippen MR) is 98.3 cm³/mol. The first-order valence-corrected chi connectivity index (χ1v) is 8.42. The Morgan fingerprint density at radius 3 is 3.00 bits per heavy atom. The molecule has 4 heterocycles. The van der Waals surface area contributed by atoms with Crippen LogP contribution in [-0.2, 0) is 13.5 Å². The van der Waals surface area contributed by atoms with Crippen molar-refractivity contribution in [2.24, 2.45) is 7.05 Å². The van der Waals surface area contributed by atoms with Gasteiger partial charge in [0.05, 0.1) is 16.6 Å². The Kier molecular flexibility index (Phi) is 5.24. The van der Waals surface area contributed by atoms with E-state index in [1.165, 1.54) is 0 Å². The maximum absolute atomic E-state index is 13.2. The minimum absolute atomic E-state index is 0. The van der Waals surface area contributed by atoms with E-state index in [1.54, 1.807) is 12.4 Å². The van der Waals surface area contributed by atoms with Crippen LogP contribution >= 0.6 is 12.4 Å². The van der Waals surface area contributed by atoms with Crippen LogP contribution in [0.2, 0.25) is 0 Å². The molecule has 1 amide bonds. The molecule has 1 N–H and O–H groups in total. The Morgan fingerprint density at radius 1 is 1.42 bits per heavy atom. The summed E-state index contributed by atoms with van der Waals surface area (Å²) in [5, 5.41) is 8.15. The van der Waals surface area contributed by atoms with Crippen molar-refractivity contribution < 1.29 is 9.32 Å². The molecule has 0 aliphatic carbocycles. The molecule has 26 heavy (non-hydrogen) atoms. The minimum Gasteiger partial charge on any atom is -0.336 e. The molecule has 1 unspecified atom stereocenters. The van der Waals surface area contributed by atoms with E-state index in [2.05, 4.69) is 20.4 Å². The molecule has 0 radical (unpaired) electrons. The number of nitrogens with zero attached hydrogens (tertiary/aromatic N) is 5. The lowest BCUT2D eigenvalue weighted by Crippen LogP contribution is -2.49. The van der Waals surface area contributed by atoms with Crippen LogP contribution in [0.1, 0.15) is 34.8 Å². The summed E-state index contributed by atoms with van der Waals surface area (Å²) in [6.45, 7) is 4.06. The van der Waals surface area contributed by atoms with Gasteiger partial charge < -0.3 is 19.3 Å². The van der Waals surface area contributed by atoms with Gasteiger partial charge in [0.2, 0.25) is 0 Å². The minimum atomic E-state index is -0.106. The summed E-state index contributed by atoms with van der Waals surface area (Å²) >= 11 is 0. The molecule has 0 spiro atoms. The van der Waals surface area contributed by atoms with Crippen LogP contribution in [0.15, 0.2) is 29.2 Å². The van der Waals surface area contributed by atoms with Crippen molar-refractivity contribution in [1.29, 1.82) is 0 Å². The third-order valence-electron chi connectivity index (χ3n) is 4.65. The van der Waals surface area contributed by atoms with Gasteiger partial charge >= 0.3 is 0 Å². The summed E-state index contributed by atoms with van der Waals surface area (Å²) in [6, 6.07) is 1.72. The molecule has 9 heteroatoms. The fourth-order valence-electron chi connectivity index (χ4n) is 3.29. The zero-order chi connectivity index (χ0) is 17.4. The third-order valence-corrected chi connectivity index (χ3v) is 4.65. The Balaban J connectivity index is 0.00000196. The lowest BCUT2D eigenvalue weighted by molar-refractivity contribution is 0.0620. The molecule has 1 fully saturated rings. The lowest BCUT2D eigenvalue weighted by atomic mass is 10.1. The Hall–Kier alpha value is -2.45. The van der Waals surface area contributed by atoms with Crippen LogP contribution < -0.4 is 5.32 Å². The number of carbonyl (C=O) groups excluding carboxylic acids is 1. The van der Waals surface area contributed by atoms with Crippen molar-refractivity contribution in [3.05, 3.63) is 41.7 Å². The molecular weight excluding hydrogens is 356 g/mol. The number of halogens is 1. The number of fused-ring (bicyclic) bond motifs is 1. The van der Waals surface area contributed by atoms with Crippen molar-refractivity contribution >= 4 is 29.4 Å². The number of rotatable bonds is 3. The van der Waals surface area contributed by atoms with E-state index in [0.717, 1.165) is 29.9 Å². The summed E-state index contributed by atoms with van der Waals surface area (Å²) in [5.41, 5.74) is 1.83. The topological polar surface area (TPSA) is 89.1 Å². The molecule has 0 saturated carbocycles. The highest BCUT2D eigenvalue weighted by molar-refractivity contribution is 5.97. The molecule has 4 rings (SSSR count). The van der Waals surface area contributed by atoms with Gasteiger partial charge in [-0.3, -0.25) is 4.79 Å². The number of aryl methyl sites for hydroxylation is 2. The van der Waals surface area contributed by atoms with Gasteiger partial charge in [0.15, 0.2) is 0 Å². The van der Waals surface area contributed by atoms with Crippen LogP contribution in [0.25, 0.3) is 11.1 Å². The average molecular weight is 377 g/mol. The van der Waals surface area contributed by atoms with Crippen molar-refractivity contribution in [2.75, 3.05) is 19.6 Å². The zero-order valence-corrected chi connectivity index (χ0v) is 15.5. The highest BCUT2D eigenvalue weighted by Crippen LogP contribution is 2.24. The molecule has 138 valence electrons. The quantitative estimate of drug-likeness (QED) is 0.748. The van der Waals surface area contributed by atoms with Crippen molar-refractivity contribution in [3.63, 3.8) is 0 Å². The van der Waals surface area contributed by atoms with Crippen molar-refractivity contribution in [3.8, 4) is 0 Å². The normalized spacial score (nSPS) is 17.3. The van der Waals surface area contributed by atoms with E-state index in [9.17, 15) is 4.79 Å². The van der Waals surface area contributed by atoms with Gasteiger partial charge in [0.1, 0.15) is 11.9 Å². The monoisotopic (exact) mass is 376 g/mol. The van der Waals surface area contributed by atoms with Gasteiger partial charge in [-0.15, -0.1) is 12.4 Å². The number of carbonyl (C=O) groups is 1. The second kappa shape index (κ2) is 7.43. The molecule has 1 saturated heterocycles. The summed E-state index contributed by atoms with van der Waals surface area (Å²) in [5.74, 6) is 0.820. The first-order valence-electron chi connectivity index (χ1n) is 8.42. The number of amides is 1. The number of hydrogen-bond donors (Lipinski definition) is 1. The Labute approximate surface area is 157 Å². The predicted octanol–water partition coefficient (Wildman–Crippen LogP) is 1.73. The summed E-state index contributed by atoms with van der Waals surface area (Å²) < 4.78 is 7.16. The van der Waals surface area contributed by atoms with Crippen LogP contribution in [-0.4, -0.2) is 50.1 Å². The molecule has 3 aromatic heterocycles. The van der Waals surface area contributed by atoms with E-state index in [-0.39, 0.29) is 24.4 Å². The summed E-state index contributed by atoms with van der Waals surface area (Å²) in [4.78, 5) is 23.7. The molecule has 1 atom stereocenters. The molecule has 0 aromatic carbocycles. The van der Waals surface area contributed by atoms with Crippen LogP contribution in [0.4, 0.5) is 0 Å². The van der Waals surface area contributed by atoms with E-state index in [4.69, 9.17) is 4.52 Å². The smallest absolute Gasteiger partial charge is 0.257 e. The number of piperazine rings is 1. The fourth-order valence-corrected chi connectivity index (χ4v) is 3.29. The van der Waals surface area contributed by atoms with Crippen LogP contribution in [0, 0.1) is 0 Å². The molecule has 3 aromatic rings. The molecule has 8 nitrogen and oxygen atoms in total. The van der Waals surface area contributed by atoms with E-state index >= 15 is 0 Å². The molecular formula is C17H21ClN6O2. The SMILES string of the molecule is CCc1noc2ncc(C(=O)N3CCNCC3c3nccn3C)cc12.Cl. The number of imidazole rings is 1. The van der Waals surface area contributed by atoms with Crippen LogP contribution in [0.5, 0.6) is 0 Å². The number of nitrogens with one attached hydrogen (secondary N) is 1. The number of hydrogen-bond acceptors (Lipinski definition) is 6. The first-order chi connectivity index (χ1) is 12.2. The van der Waals surface area contributed by atoms with E-state index in [1.807, 2.05) is 35.7 Å². The second-order valence-corrected chi connectivity index (χ2v) is 6.17. The maximum Gasteiger partial charge on any atom is 0.257 e. The Bertz CT molecular complexity index is 921. The molecule has 1 aliphatic heterocycles. The van der Waals surface area contributed by atoms with Gasteiger partial charge in [-0.1, -0.05) is 12.1 Å². The third kappa shape index (κ3) is 3.06. The molecule has 1 aliphatic rings. The maximum atomic E-state index is 13.2. The van der Waals surface area contributed by atoms with E-state index in [0.29, 0.717) is 24.4 Å².